The quantitative estimate of drug-likeness (QED) is 0.388. The lowest BCUT2D eigenvalue weighted by Gasteiger charge is -2.32. The smallest absolute Gasteiger partial charge is 0.368 e. The molecule has 1 aliphatic rings. The molecule has 144 valence electrons. The van der Waals surface area contributed by atoms with Crippen LogP contribution >= 0.6 is 15.2 Å². The number of pyridine rings is 1. The van der Waals surface area contributed by atoms with Crippen LogP contribution in [0, 0.1) is 0 Å². The maximum absolute atomic E-state index is 11.5. The van der Waals surface area contributed by atoms with Crippen LogP contribution in [0.2, 0.25) is 0 Å². The summed E-state index contributed by atoms with van der Waals surface area (Å²) in [4.78, 5) is 45.4. The minimum atomic E-state index is -5.46. The third kappa shape index (κ3) is 4.75. The summed E-state index contributed by atoms with van der Waals surface area (Å²) >= 11 is 0. The standard InChI is InChI=1S/C15H22N2O7P2/c18-15(25(19,20)21,26(22,23)24)9-8-14(7-3-11-17-14)6-1-4-13-5-2-10-16-12-13/h2-3,5,7,10-12,18H,1,4,6,8-9H2,(H2,19,20,21)(H2,22,23,24). The largest absolute Gasteiger partial charge is 0.369 e. The number of aromatic nitrogens is 1. The molecule has 0 aromatic carbocycles. The molecular weight excluding hydrogens is 382 g/mol. The first kappa shape index (κ1) is 21.1. The first-order valence-electron chi connectivity index (χ1n) is 7.95. The first-order chi connectivity index (χ1) is 12.0. The molecule has 0 fully saturated rings. The summed E-state index contributed by atoms with van der Waals surface area (Å²) < 4.78 is 23.0. The molecule has 0 saturated heterocycles. The Morgan fingerprint density at radius 2 is 1.81 bits per heavy atom. The molecular formula is C15H22N2O7P2. The van der Waals surface area contributed by atoms with Gasteiger partial charge in [-0.05, 0) is 43.4 Å². The van der Waals surface area contributed by atoms with Gasteiger partial charge in [-0.2, -0.15) is 0 Å². The fourth-order valence-electron chi connectivity index (χ4n) is 2.87. The van der Waals surface area contributed by atoms with Gasteiger partial charge in [-0.15, -0.1) is 0 Å². The van der Waals surface area contributed by atoms with Crippen LogP contribution in [0.25, 0.3) is 0 Å². The number of aliphatic imine (C=N–C) groups is 1. The lowest BCUT2D eigenvalue weighted by molar-refractivity contribution is 0.116. The second kappa shape index (κ2) is 7.82. The van der Waals surface area contributed by atoms with Gasteiger partial charge >= 0.3 is 15.2 Å². The number of aryl methyl sites for hydroxylation is 1. The van der Waals surface area contributed by atoms with Crippen LogP contribution in [0.3, 0.4) is 0 Å². The Kier molecular flexibility index (Phi) is 6.36. The normalized spacial score (nSPS) is 20.7. The molecule has 5 N–H and O–H groups in total. The number of hydrogen-bond donors (Lipinski definition) is 5. The number of nitrogens with zero attached hydrogens (tertiary/aromatic N) is 2. The average molecular weight is 404 g/mol. The fourth-order valence-corrected chi connectivity index (χ4v) is 5.03. The summed E-state index contributed by atoms with van der Waals surface area (Å²) in [5.41, 5.74) is 0.163. The van der Waals surface area contributed by atoms with Crippen molar-refractivity contribution in [3.05, 3.63) is 42.2 Å². The highest BCUT2D eigenvalue weighted by molar-refractivity contribution is 7.72. The van der Waals surface area contributed by atoms with E-state index in [1.165, 1.54) is 6.21 Å². The van der Waals surface area contributed by atoms with Crippen LogP contribution in [0.5, 0.6) is 0 Å². The molecule has 0 spiro atoms. The molecule has 1 aliphatic heterocycles. The van der Waals surface area contributed by atoms with Gasteiger partial charge in [0.2, 0.25) is 0 Å². The van der Waals surface area contributed by atoms with Crippen LogP contribution in [0.1, 0.15) is 31.2 Å². The topological polar surface area (TPSA) is 161 Å². The Morgan fingerprint density at radius 1 is 1.12 bits per heavy atom. The van der Waals surface area contributed by atoms with Crippen LogP contribution in [-0.4, -0.2) is 46.5 Å². The van der Waals surface area contributed by atoms with Crippen molar-refractivity contribution in [2.45, 2.75) is 42.7 Å². The fraction of sp³-hybridized carbons (Fsp3) is 0.467. The van der Waals surface area contributed by atoms with Crippen molar-refractivity contribution in [3.63, 3.8) is 0 Å². The van der Waals surface area contributed by atoms with E-state index in [4.69, 9.17) is 0 Å². The molecule has 0 amide bonds. The first-order valence-corrected chi connectivity index (χ1v) is 11.2. The van der Waals surface area contributed by atoms with Crippen molar-refractivity contribution in [2.24, 2.45) is 4.99 Å². The molecule has 0 bridgehead atoms. The van der Waals surface area contributed by atoms with Crippen molar-refractivity contribution in [1.29, 1.82) is 0 Å². The van der Waals surface area contributed by atoms with E-state index in [1.54, 1.807) is 24.5 Å². The maximum atomic E-state index is 11.5. The zero-order chi connectivity index (χ0) is 19.5. The van der Waals surface area contributed by atoms with Crippen LogP contribution < -0.4 is 0 Å². The lowest BCUT2D eigenvalue weighted by atomic mass is 9.88. The molecule has 0 radical (unpaired) electrons. The van der Waals surface area contributed by atoms with Crippen molar-refractivity contribution in [3.8, 4) is 0 Å². The van der Waals surface area contributed by atoms with E-state index in [2.05, 4.69) is 9.98 Å². The predicted molar refractivity (Wildman–Crippen MR) is 95.8 cm³/mol. The van der Waals surface area contributed by atoms with Gasteiger partial charge in [-0.1, -0.05) is 12.1 Å². The van der Waals surface area contributed by atoms with Gasteiger partial charge in [0.15, 0.2) is 0 Å². The minimum absolute atomic E-state index is 0.111. The number of allylic oxidation sites excluding steroid dienone is 1. The third-order valence-electron chi connectivity index (χ3n) is 4.45. The zero-order valence-corrected chi connectivity index (χ0v) is 15.7. The Bertz CT molecular complexity index is 735. The van der Waals surface area contributed by atoms with Gasteiger partial charge in [0.1, 0.15) is 0 Å². The van der Waals surface area contributed by atoms with Crippen LogP contribution in [-0.2, 0) is 15.6 Å². The Morgan fingerprint density at radius 3 is 2.31 bits per heavy atom. The van der Waals surface area contributed by atoms with Crippen LogP contribution in [0.4, 0.5) is 0 Å². The summed E-state index contributed by atoms with van der Waals surface area (Å²) in [5.74, 6) is 0. The zero-order valence-electron chi connectivity index (χ0n) is 13.9. The van der Waals surface area contributed by atoms with Gasteiger partial charge in [0.05, 0.1) is 5.54 Å². The number of hydrogen-bond acceptors (Lipinski definition) is 5. The summed E-state index contributed by atoms with van der Waals surface area (Å²) in [5, 5.41) is 6.64. The minimum Gasteiger partial charge on any atom is -0.368 e. The summed E-state index contributed by atoms with van der Waals surface area (Å²) in [7, 11) is -10.9. The van der Waals surface area contributed by atoms with Gasteiger partial charge < -0.3 is 24.7 Å². The molecule has 9 nitrogen and oxygen atoms in total. The van der Waals surface area contributed by atoms with Crippen molar-refractivity contribution in [2.75, 3.05) is 0 Å². The Labute approximate surface area is 150 Å². The summed E-state index contributed by atoms with van der Waals surface area (Å²) in [6.45, 7) is 0. The van der Waals surface area contributed by atoms with E-state index in [0.717, 1.165) is 5.56 Å². The van der Waals surface area contributed by atoms with Gasteiger partial charge in [0, 0.05) is 25.0 Å². The molecule has 1 atom stereocenters. The molecule has 2 rings (SSSR count). The van der Waals surface area contributed by atoms with E-state index in [1.807, 2.05) is 12.1 Å². The molecule has 0 aliphatic carbocycles. The molecule has 1 aromatic heterocycles. The van der Waals surface area contributed by atoms with E-state index >= 15 is 0 Å². The number of aliphatic hydroxyl groups is 1. The van der Waals surface area contributed by atoms with E-state index < -0.39 is 32.2 Å². The summed E-state index contributed by atoms with van der Waals surface area (Å²) in [6, 6.07) is 3.74. The SMILES string of the molecule is O=P(O)(O)C(O)(CCC1(CCCc2cccnc2)C=CC=N1)P(=O)(O)O. The van der Waals surface area contributed by atoms with Crippen LogP contribution in [0.15, 0.2) is 41.7 Å². The molecule has 11 heteroatoms. The molecule has 1 unspecified atom stereocenters. The lowest BCUT2D eigenvalue weighted by Crippen LogP contribution is -2.33. The van der Waals surface area contributed by atoms with Crippen molar-refractivity contribution in [1.82, 2.24) is 4.98 Å². The molecule has 1 aromatic rings. The Balaban J connectivity index is 2.08. The highest BCUT2D eigenvalue weighted by Gasteiger charge is 2.59. The monoisotopic (exact) mass is 404 g/mol. The van der Waals surface area contributed by atoms with Gasteiger partial charge in [-0.25, -0.2) is 0 Å². The van der Waals surface area contributed by atoms with E-state index in [-0.39, 0.29) is 6.42 Å². The molecule has 26 heavy (non-hydrogen) atoms. The second-order valence-electron chi connectivity index (χ2n) is 6.32. The highest BCUT2D eigenvalue weighted by atomic mass is 31.2. The average Bonchev–Trinajstić information content (AvgIpc) is 3.01. The summed E-state index contributed by atoms with van der Waals surface area (Å²) in [6.07, 6.45) is 9.30. The third-order valence-corrected chi connectivity index (χ3v) is 8.32. The predicted octanol–water partition coefficient (Wildman–Crippen LogP) is 1.57. The molecule has 0 saturated carbocycles. The maximum Gasteiger partial charge on any atom is 0.369 e. The number of rotatable bonds is 9. The van der Waals surface area contributed by atoms with Gasteiger partial charge in [-0.3, -0.25) is 19.1 Å². The molecule has 2 heterocycles. The van der Waals surface area contributed by atoms with Crippen molar-refractivity contribution < 1.29 is 33.8 Å². The Hall–Kier alpha value is -1.18. The van der Waals surface area contributed by atoms with Crippen molar-refractivity contribution >= 4 is 21.4 Å². The second-order valence-corrected chi connectivity index (χ2v) is 10.3. The highest BCUT2D eigenvalue weighted by Crippen LogP contribution is 2.69. The van der Waals surface area contributed by atoms with E-state index in [0.29, 0.717) is 19.3 Å². The van der Waals surface area contributed by atoms with Gasteiger partial charge in [0.25, 0.3) is 5.08 Å². The van der Waals surface area contributed by atoms with E-state index in [9.17, 15) is 33.8 Å².